The number of benzene rings is 2. The Bertz CT molecular complexity index is 1380. The van der Waals surface area contributed by atoms with Gasteiger partial charge in [0.1, 0.15) is 6.61 Å². The lowest BCUT2D eigenvalue weighted by Crippen LogP contribution is -2.47. The third-order valence-corrected chi connectivity index (χ3v) is 7.92. The van der Waals surface area contributed by atoms with Crippen LogP contribution in [0.25, 0.3) is 0 Å². The van der Waals surface area contributed by atoms with Gasteiger partial charge in [0.25, 0.3) is 11.5 Å². The summed E-state index contributed by atoms with van der Waals surface area (Å²) in [6, 6.07) is 17.5. The molecule has 1 spiro atoms. The summed E-state index contributed by atoms with van der Waals surface area (Å²) in [5.41, 5.74) is 2.80. The number of para-hydroxylation sites is 1. The average Bonchev–Trinajstić information content (AvgIpc) is 3.22. The van der Waals surface area contributed by atoms with E-state index in [1.54, 1.807) is 4.90 Å². The molecule has 3 heterocycles. The Balaban J connectivity index is 1.18. The molecule has 1 saturated heterocycles. The molecule has 192 valence electrons. The molecule has 9 heteroatoms. The van der Waals surface area contributed by atoms with Crippen LogP contribution in [-0.2, 0) is 29.6 Å². The van der Waals surface area contributed by atoms with E-state index >= 15 is 0 Å². The number of piperidine rings is 1. The molecule has 7 nitrogen and oxygen atoms in total. The first kappa shape index (κ1) is 23.6. The van der Waals surface area contributed by atoms with Crippen LogP contribution in [0.4, 0.5) is 25.2 Å². The summed E-state index contributed by atoms with van der Waals surface area (Å²) in [6.45, 7) is 1.98. The first-order valence-electron chi connectivity index (χ1n) is 12.7. The standard InChI is InChI=1S/C28H28F2N4O3/c29-28(30)11-10-22-20(16-28)24(35)32-25(31-22)33-14-12-27(13-15-33)18-34(23-9-5-4-8-21(23)27)26(36)37-17-19-6-2-1-3-7-19/h1-9H,10-18H2,(H,31,32,35). The van der Waals surface area contributed by atoms with Gasteiger partial charge < -0.3 is 9.64 Å². The van der Waals surface area contributed by atoms with Crippen molar-refractivity contribution >= 4 is 17.7 Å². The molecule has 0 radical (unpaired) electrons. The van der Waals surface area contributed by atoms with Crippen LogP contribution < -0.4 is 15.4 Å². The number of hydrogen-bond acceptors (Lipinski definition) is 5. The summed E-state index contributed by atoms with van der Waals surface area (Å²) in [6.07, 6.45) is 0.405. The lowest BCUT2D eigenvalue weighted by Gasteiger charge is -2.40. The van der Waals surface area contributed by atoms with Gasteiger partial charge in [0.05, 0.1) is 11.4 Å². The van der Waals surface area contributed by atoms with Crippen LogP contribution in [-0.4, -0.2) is 41.6 Å². The summed E-state index contributed by atoms with van der Waals surface area (Å²) in [4.78, 5) is 36.8. The maximum Gasteiger partial charge on any atom is 0.414 e. The van der Waals surface area contributed by atoms with E-state index in [1.165, 1.54) is 0 Å². The first-order chi connectivity index (χ1) is 17.8. The van der Waals surface area contributed by atoms with Crippen molar-refractivity contribution in [3.05, 3.63) is 87.3 Å². The van der Waals surface area contributed by atoms with Crippen molar-refractivity contribution in [2.45, 2.75) is 50.0 Å². The number of carbonyl (C=O) groups excluding carboxylic acids is 1. The van der Waals surface area contributed by atoms with E-state index < -0.39 is 17.9 Å². The average molecular weight is 507 g/mol. The molecular formula is C28H28F2N4O3. The Labute approximate surface area is 213 Å². The topological polar surface area (TPSA) is 78.5 Å². The van der Waals surface area contributed by atoms with Gasteiger partial charge >= 0.3 is 6.09 Å². The van der Waals surface area contributed by atoms with Crippen LogP contribution in [0.5, 0.6) is 0 Å². The number of carbonyl (C=O) groups is 1. The maximum atomic E-state index is 13.8. The second-order valence-corrected chi connectivity index (χ2v) is 10.3. The van der Waals surface area contributed by atoms with Gasteiger partial charge in [-0.25, -0.2) is 18.6 Å². The number of H-pyrrole nitrogens is 1. The summed E-state index contributed by atoms with van der Waals surface area (Å²) in [5, 5.41) is 0. The van der Waals surface area contributed by atoms with E-state index in [4.69, 9.17) is 4.74 Å². The quantitative estimate of drug-likeness (QED) is 0.562. The van der Waals surface area contributed by atoms with Crippen molar-refractivity contribution in [1.29, 1.82) is 0 Å². The highest BCUT2D eigenvalue weighted by Gasteiger charge is 2.47. The number of alkyl halides is 2. The Morgan fingerprint density at radius 1 is 1.03 bits per heavy atom. The SMILES string of the molecule is O=C(OCc1ccccc1)N1CC2(CCN(c3nc4c(c(=O)[nH]3)CC(F)(F)CC4)CC2)c2ccccc21. The zero-order valence-corrected chi connectivity index (χ0v) is 20.4. The van der Waals surface area contributed by atoms with Gasteiger partial charge in [-0.15, -0.1) is 0 Å². The van der Waals surface area contributed by atoms with Gasteiger partial charge in [-0.1, -0.05) is 48.5 Å². The number of ether oxygens (including phenoxy) is 1. The van der Waals surface area contributed by atoms with Crippen LogP contribution in [0.2, 0.25) is 0 Å². The number of aryl methyl sites for hydroxylation is 1. The molecule has 2 aliphatic heterocycles. The molecule has 37 heavy (non-hydrogen) atoms. The lowest BCUT2D eigenvalue weighted by atomic mass is 9.74. The van der Waals surface area contributed by atoms with Crippen LogP contribution in [0.1, 0.15) is 41.6 Å². The molecule has 6 rings (SSSR count). The van der Waals surface area contributed by atoms with E-state index in [-0.39, 0.29) is 36.5 Å². The molecule has 1 aliphatic carbocycles. The Morgan fingerprint density at radius 2 is 1.76 bits per heavy atom. The predicted octanol–water partition coefficient (Wildman–Crippen LogP) is 4.59. The van der Waals surface area contributed by atoms with Crippen LogP contribution >= 0.6 is 0 Å². The molecule has 3 aliphatic rings. The van der Waals surface area contributed by atoms with E-state index in [9.17, 15) is 18.4 Å². The number of nitrogens with zero attached hydrogens (tertiary/aromatic N) is 3. The van der Waals surface area contributed by atoms with Crippen molar-refractivity contribution in [1.82, 2.24) is 9.97 Å². The van der Waals surface area contributed by atoms with Crippen LogP contribution in [0, 0.1) is 0 Å². The Morgan fingerprint density at radius 3 is 2.54 bits per heavy atom. The molecule has 1 aromatic heterocycles. The number of amides is 1. The van der Waals surface area contributed by atoms with E-state index in [2.05, 4.69) is 16.0 Å². The number of rotatable bonds is 3. The summed E-state index contributed by atoms with van der Waals surface area (Å²) in [5.74, 6) is -2.42. The highest BCUT2D eigenvalue weighted by atomic mass is 19.3. The lowest BCUT2D eigenvalue weighted by molar-refractivity contribution is -0.0132. The minimum atomic E-state index is -2.86. The molecule has 0 unspecified atom stereocenters. The molecule has 1 fully saturated rings. The number of fused-ring (bicyclic) bond motifs is 3. The molecule has 1 N–H and O–H groups in total. The highest BCUT2D eigenvalue weighted by Crippen LogP contribution is 2.47. The minimum Gasteiger partial charge on any atom is -0.444 e. The summed E-state index contributed by atoms with van der Waals surface area (Å²) < 4.78 is 33.3. The van der Waals surface area contributed by atoms with Crippen molar-refractivity contribution in [2.75, 3.05) is 29.4 Å². The van der Waals surface area contributed by atoms with Crippen molar-refractivity contribution in [3.63, 3.8) is 0 Å². The number of anilines is 2. The third-order valence-electron chi connectivity index (χ3n) is 7.92. The van der Waals surface area contributed by atoms with Gasteiger partial charge in [0.2, 0.25) is 5.95 Å². The maximum absolute atomic E-state index is 13.8. The smallest absolute Gasteiger partial charge is 0.414 e. The number of hydrogen-bond donors (Lipinski definition) is 1. The fourth-order valence-electron chi connectivity index (χ4n) is 5.88. The van der Waals surface area contributed by atoms with E-state index in [0.29, 0.717) is 31.3 Å². The second-order valence-electron chi connectivity index (χ2n) is 10.3. The first-order valence-corrected chi connectivity index (χ1v) is 12.7. The number of aromatic amines is 1. The number of aromatic nitrogens is 2. The Hall–Kier alpha value is -3.75. The summed E-state index contributed by atoms with van der Waals surface area (Å²) in [7, 11) is 0. The summed E-state index contributed by atoms with van der Waals surface area (Å²) >= 11 is 0. The number of halogens is 2. The Kier molecular flexibility index (Phi) is 5.73. The zero-order chi connectivity index (χ0) is 25.6. The molecular weight excluding hydrogens is 478 g/mol. The van der Waals surface area contributed by atoms with E-state index in [0.717, 1.165) is 29.7 Å². The molecule has 1 amide bonds. The van der Waals surface area contributed by atoms with Gasteiger partial charge in [-0.3, -0.25) is 14.7 Å². The van der Waals surface area contributed by atoms with Crippen LogP contribution in [0.15, 0.2) is 59.4 Å². The monoisotopic (exact) mass is 506 g/mol. The largest absolute Gasteiger partial charge is 0.444 e. The molecule has 3 aromatic rings. The normalized spacial score (nSPS) is 19.4. The van der Waals surface area contributed by atoms with Gasteiger partial charge in [-0.05, 0) is 36.5 Å². The van der Waals surface area contributed by atoms with Crippen molar-refractivity contribution < 1.29 is 18.3 Å². The van der Waals surface area contributed by atoms with Crippen LogP contribution in [0.3, 0.4) is 0 Å². The second kappa shape index (κ2) is 8.97. The molecule has 2 aromatic carbocycles. The minimum absolute atomic E-state index is 0.0999. The fraction of sp³-hybridized carbons (Fsp3) is 0.393. The molecule has 0 atom stereocenters. The van der Waals surface area contributed by atoms with E-state index in [1.807, 2.05) is 53.4 Å². The highest BCUT2D eigenvalue weighted by molar-refractivity contribution is 5.91. The van der Waals surface area contributed by atoms with Gasteiger partial charge in [-0.2, -0.15) is 0 Å². The zero-order valence-electron chi connectivity index (χ0n) is 20.4. The number of nitrogens with one attached hydrogen (secondary N) is 1. The predicted molar refractivity (Wildman–Crippen MR) is 135 cm³/mol. The molecule has 0 saturated carbocycles. The van der Waals surface area contributed by atoms with Gasteiger partial charge in [0, 0.05) is 43.5 Å². The fourth-order valence-corrected chi connectivity index (χ4v) is 5.88. The molecule has 0 bridgehead atoms. The van der Waals surface area contributed by atoms with Crippen molar-refractivity contribution in [2.24, 2.45) is 0 Å². The van der Waals surface area contributed by atoms with Crippen molar-refractivity contribution in [3.8, 4) is 0 Å². The van der Waals surface area contributed by atoms with Gasteiger partial charge in [0.15, 0.2) is 0 Å². The third kappa shape index (κ3) is 4.36.